The van der Waals surface area contributed by atoms with Crippen molar-refractivity contribution in [3.05, 3.63) is 21.9 Å². The number of carbonyl (C=O) groups is 1. The van der Waals surface area contributed by atoms with Crippen molar-refractivity contribution in [2.24, 2.45) is 0 Å². The van der Waals surface area contributed by atoms with Gasteiger partial charge in [-0.3, -0.25) is 4.79 Å². The SMILES string of the molecule is Cc1cscc1C(=O)N(C)[C@@H]1CCCC[C@@H]1S(C)(=O)=O. The molecule has 20 heavy (non-hydrogen) atoms. The van der Waals surface area contributed by atoms with Crippen LogP contribution in [0.1, 0.15) is 41.6 Å². The maximum absolute atomic E-state index is 12.5. The van der Waals surface area contributed by atoms with Crippen LogP contribution in [0.2, 0.25) is 0 Å². The van der Waals surface area contributed by atoms with E-state index in [-0.39, 0.29) is 11.9 Å². The summed E-state index contributed by atoms with van der Waals surface area (Å²) in [6.45, 7) is 1.91. The lowest BCUT2D eigenvalue weighted by molar-refractivity contribution is 0.0700. The molecule has 0 saturated heterocycles. The van der Waals surface area contributed by atoms with Gasteiger partial charge in [0.1, 0.15) is 0 Å². The lowest BCUT2D eigenvalue weighted by Crippen LogP contribution is -2.49. The summed E-state index contributed by atoms with van der Waals surface area (Å²) >= 11 is 1.50. The second kappa shape index (κ2) is 5.85. The van der Waals surface area contributed by atoms with Gasteiger partial charge in [-0.25, -0.2) is 8.42 Å². The molecule has 1 aromatic heterocycles. The van der Waals surface area contributed by atoms with E-state index in [4.69, 9.17) is 0 Å². The Morgan fingerprint density at radius 3 is 2.50 bits per heavy atom. The fraction of sp³-hybridized carbons (Fsp3) is 0.643. The number of amides is 1. The van der Waals surface area contributed by atoms with E-state index in [0.717, 1.165) is 24.8 Å². The molecule has 1 saturated carbocycles. The molecule has 0 spiro atoms. The van der Waals surface area contributed by atoms with Crippen LogP contribution >= 0.6 is 11.3 Å². The quantitative estimate of drug-likeness (QED) is 0.861. The first-order valence-corrected chi connectivity index (χ1v) is 9.71. The minimum atomic E-state index is -3.12. The third-order valence-corrected chi connectivity index (χ3v) is 6.63. The van der Waals surface area contributed by atoms with Gasteiger partial charge >= 0.3 is 0 Å². The summed E-state index contributed by atoms with van der Waals surface area (Å²) < 4.78 is 23.9. The summed E-state index contributed by atoms with van der Waals surface area (Å²) in [6.07, 6.45) is 4.61. The van der Waals surface area contributed by atoms with Crippen molar-refractivity contribution in [1.82, 2.24) is 4.90 Å². The number of thiophene rings is 1. The summed E-state index contributed by atoms with van der Waals surface area (Å²) in [7, 11) is -1.39. The summed E-state index contributed by atoms with van der Waals surface area (Å²) in [6, 6.07) is -0.203. The van der Waals surface area contributed by atoms with E-state index in [9.17, 15) is 13.2 Å². The second-order valence-electron chi connectivity index (χ2n) is 5.60. The van der Waals surface area contributed by atoms with Crippen LogP contribution in [0.4, 0.5) is 0 Å². The zero-order valence-corrected chi connectivity index (χ0v) is 13.8. The predicted molar refractivity (Wildman–Crippen MR) is 82.0 cm³/mol. The van der Waals surface area contributed by atoms with Gasteiger partial charge in [0.25, 0.3) is 5.91 Å². The molecule has 1 aromatic rings. The number of hydrogen-bond acceptors (Lipinski definition) is 4. The van der Waals surface area contributed by atoms with E-state index in [2.05, 4.69) is 0 Å². The van der Waals surface area contributed by atoms with Gasteiger partial charge in [0.2, 0.25) is 0 Å². The first kappa shape index (κ1) is 15.5. The van der Waals surface area contributed by atoms with Gasteiger partial charge in [-0.1, -0.05) is 12.8 Å². The lowest BCUT2D eigenvalue weighted by Gasteiger charge is -2.37. The number of aryl methyl sites for hydroxylation is 1. The van der Waals surface area contributed by atoms with Gasteiger partial charge in [0.15, 0.2) is 9.84 Å². The van der Waals surface area contributed by atoms with E-state index in [1.165, 1.54) is 17.6 Å². The van der Waals surface area contributed by atoms with Crippen molar-refractivity contribution >= 4 is 27.1 Å². The molecule has 0 radical (unpaired) electrons. The molecule has 1 aliphatic carbocycles. The Morgan fingerprint density at radius 2 is 1.95 bits per heavy atom. The third kappa shape index (κ3) is 3.06. The fourth-order valence-corrected chi connectivity index (χ4v) is 5.25. The standard InChI is InChI=1S/C14H21NO3S2/c1-10-8-19-9-11(10)14(16)15(2)12-6-4-5-7-13(12)20(3,17)18/h8-9,12-13H,4-7H2,1-3H3/t12-,13+/m1/s1. The number of hydrogen-bond donors (Lipinski definition) is 0. The molecule has 0 aliphatic heterocycles. The molecule has 0 N–H and O–H groups in total. The van der Waals surface area contributed by atoms with Crippen LogP contribution < -0.4 is 0 Å². The van der Waals surface area contributed by atoms with E-state index in [1.807, 2.05) is 17.7 Å². The number of carbonyl (C=O) groups excluding carboxylic acids is 1. The summed E-state index contributed by atoms with van der Waals surface area (Å²) in [4.78, 5) is 14.2. The van der Waals surface area contributed by atoms with Crippen LogP contribution in [-0.4, -0.2) is 43.8 Å². The largest absolute Gasteiger partial charge is 0.337 e. The van der Waals surface area contributed by atoms with Gasteiger partial charge in [0.05, 0.1) is 10.8 Å². The minimum absolute atomic E-state index is 0.0655. The normalized spacial score (nSPS) is 23.6. The molecule has 2 rings (SSSR count). The Morgan fingerprint density at radius 1 is 1.30 bits per heavy atom. The molecule has 112 valence electrons. The molecule has 0 bridgehead atoms. The van der Waals surface area contributed by atoms with Gasteiger partial charge in [-0.2, -0.15) is 11.3 Å². The highest BCUT2D eigenvalue weighted by Gasteiger charge is 2.37. The van der Waals surface area contributed by atoms with Crippen molar-refractivity contribution < 1.29 is 13.2 Å². The lowest BCUT2D eigenvalue weighted by atomic mass is 9.93. The molecule has 2 atom stereocenters. The van der Waals surface area contributed by atoms with Crippen molar-refractivity contribution in [3.63, 3.8) is 0 Å². The average Bonchev–Trinajstić information content (AvgIpc) is 2.82. The Bertz CT molecular complexity index is 591. The summed E-state index contributed by atoms with van der Waals surface area (Å²) in [5, 5.41) is 3.35. The average molecular weight is 315 g/mol. The molecule has 1 fully saturated rings. The van der Waals surface area contributed by atoms with Crippen molar-refractivity contribution in [2.75, 3.05) is 13.3 Å². The Labute approximate surface area is 124 Å². The smallest absolute Gasteiger partial charge is 0.254 e. The van der Waals surface area contributed by atoms with E-state index in [1.54, 1.807) is 11.9 Å². The molecule has 0 aromatic carbocycles. The van der Waals surface area contributed by atoms with E-state index in [0.29, 0.717) is 12.0 Å². The van der Waals surface area contributed by atoms with Crippen LogP contribution in [-0.2, 0) is 9.84 Å². The molecular formula is C14H21NO3S2. The summed E-state index contributed by atoms with van der Waals surface area (Å²) in [5.41, 5.74) is 1.65. The highest BCUT2D eigenvalue weighted by molar-refractivity contribution is 7.91. The first-order chi connectivity index (χ1) is 9.32. The minimum Gasteiger partial charge on any atom is -0.337 e. The van der Waals surface area contributed by atoms with Crippen molar-refractivity contribution in [2.45, 2.75) is 43.9 Å². The highest BCUT2D eigenvalue weighted by atomic mass is 32.2. The van der Waals surface area contributed by atoms with Crippen LogP contribution in [0.5, 0.6) is 0 Å². The first-order valence-electron chi connectivity index (χ1n) is 6.81. The maximum atomic E-state index is 12.5. The maximum Gasteiger partial charge on any atom is 0.254 e. The fourth-order valence-electron chi connectivity index (χ4n) is 2.94. The molecule has 1 amide bonds. The zero-order chi connectivity index (χ0) is 14.9. The van der Waals surface area contributed by atoms with Crippen LogP contribution in [0, 0.1) is 6.92 Å². The van der Waals surface area contributed by atoms with Crippen LogP contribution in [0.3, 0.4) is 0 Å². The zero-order valence-electron chi connectivity index (χ0n) is 12.1. The highest BCUT2D eigenvalue weighted by Crippen LogP contribution is 2.29. The molecular weight excluding hydrogens is 294 g/mol. The molecule has 4 nitrogen and oxygen atoms in total. The number of nitrogens with zero attached hydrogens (tertiary/aromatic N) is 1. The van der Waals surface area contributed by atoms with Gasteiger partial charge < -0.3 is 4.90 Å². The Balaban J connectivity index is 2.24. The third-order valence-electron chi connectivity index (χ3n) is 4.12. The Kier molecular flexibility index (Phi) is 4.54. The monoisotopic (exact) mass is 315 g/mol. The number of rotatable bonds is 3. The van der Waals surface area contributed by atoms with Crippen molar-refractivity contribution in [3.8, 4) is 0 Å². The van der Waals surface area contributed by atoms with Gasteiger partial charge in [0, 0.05) is 24.7 Å². The van der Waals surface area contributed by atoms with Crippen LogP contribution in [0.25, 0.3) is 0 Å². The van der Waals surface area contributed by atoms with E-state index < -0.39 is 15.1 Å². The predicted octanol–water partition coefficient (Wildman–Crippen LogP) is 2.48. The van der Waals surface area contributed by atoms with Crippen LogP contribution in [0.15, 0.2) is 10.8 Å². The van der Waals surface area contributed by atoms with E-state index >= 15 is 0 Å². The van der Waals surface area contributed by atoms with Gasteiger partial charge in [-0.05, 0) is 30.7 Å². The topological polar surface area (TPSA) is 54.5 Å². The molecule has 1 aliphatic rings. The molecule has 6 heteroatoms. The summed E-state index contributed by atoms with van der Waals surface area (Å²) in [5.74, 6) is -0.0655. The molecule has 1 heterocycles. The van der Waals surface area contributed by atoms with Gasteiger partial charge in [-0.15, -0.1) is 0 Å². The molecule has 0 unspecified atom stereocenters. The second-order valence-corrected chi connectivity index (χ2v) is 8.61. The Hall–Kier alpha value is -0.880. The van der Waals surface area contributed by atoms with Crippen molar-refractivity contribution in [1.29, 1.82) is 0 Å². The number of sulfone groups is 1.